The number of pyridine rings is 1. The first-order valence-corrected chi connectivity index (χ1v) is 10.8. The second-order valence-electron chi connectivity index (χ2n) is 7.10. The molecule has 1 N–H and O–H groups in total. The minimum absolute atomic E-state index is 0.266. The molecule has 4 aromatic rings. The fourth-order valence-corrected chi connectivity index (χ4v) is 5.71. The van der Waals surface area contributed by atoms with Crippen LogP contribution in [0.3, 0.4) is 0 Å². The number of fused-ring (bicyclic) bond motifs is 1. The van der Waals surface area contributed by atoms with E-state index >= 15 is 0 Å². The minimum atomic E-state index is -3.30. The van der Waals surface area contributed by atoms with E-state index in [1.165, 1.54) is 12.5 Å². The van der Waals surface area contributed by atoms with Crippen LogP contribution in [0.5, 0.6) is 0 Å². The van der Waals surface area contributed by atoms with Gasteiger partial charge in [0.15, 0.2) is 15.7 Å². The lowest BCUT2D eigenvalue weighted by Crippen LogP contribution is -2.17. The number of rotatable bonds is 4. The molecule has 1 fully saturated rings. The molecule has 8 heteroatoms. The molecule has 0 saturated heterocycles. The number of sulfone groups is 1. The molecule has 0 atom stereocenters. The zero-order chi connectivity index (χ0) is 19.1. The van der Waals surface area contributed by atoms with Gasteiger partial charge in [-0.05, 0) is 49.2 Å². The Morgan fingerprint density at radius 2 is 1.82 bits per heavy atom. The van der Waals surface area contributed by atoms with Gasteiger partial charge in [-0.15, -0.1) is 0 Å². The van der Waals surface area contributed by atoms with E-state index in [0.717, 1.165) is 48.0 Å². The van der Waals surface area contributed by atoms with Crippen LogP contribution < -0.4 is 0 Å². The minimum Gasteiger partial charge on any atom is -0.301 e. The number of nitrogens with zero attached hydrogens (tertiary/aromatic N) is 4. The van der Waals surface area contributed by atoms with Gasteiger partial charge >= 0.3 is 0 Å². The summed E-state index contributed by atoms with van der Waals surface area (Å²) < 4.78 is 27.6. The molecule has 0 unspecified atom stereocenters. The SMILES string of the molecule is O=S(=O)(c1cnc2c(ccn2-c2ccc(-c3ncn[nH]3)cc2)c1)C1CCCC1. The zero-order valence-electron chi connectivity index (χ0n) is 15.1. The maximum absolute atomic E-state index is 12.8. The van der Waals surface area contributed by atoms with E-state index in [9.17, 15) is 8.42 Å². The molecule has 5 rings (SSSR count). The van der Waals surface area contributed by atoms with Crippen LogP contribution in [0.4, 0.5) is 0 Å². The first-order valence-electron chi connectivity index (χ1n) is 9.30. The van der Waals surface area contributed by atoms with Crippen LogP contribution >= 0.6 is 0 Å². The van der Waals surface area contributed by atoms with E-state index in [-0.39, 0.29) is 5.25 Å². The van der Waals surface area contributed by atoms with Crippen molar-refractivity contribution in [2.45, 2.75) is 35.8 Å². The largest absolute Gasteiger partial charge is 0.301 e. The molecule has 0 spiro atoms. The van der Waals surface area contributed by atoms with Crippen LogP contribution in [-0.4, -0.2) is 38.4 Å². The fourth-order valence-electron chi connectivity index (χ4n) is 3.88. The molecule has 1 aliphatic rings. The topological polar surface area (TPSA) is 93.5 Å². The van der Waals surface area contributed by atoms with Crippen molar-refractivity contribution in [3.05, 3.63) is 55.1 Å². The number of H-pyrrole nitrogens is 1. The third-order valence-corrected chi connectivity index (χ3v) is 7.63. The second kappa shape index (κ2) is 6.56. The summed E-state index contributed by atoms with van der Waals surface area (Å²) in [6.07, 6.45) is 8.35. The standard InChI is InChI=1S/C20H19N5O2S/c26-28(27,17-3-1-2-4-17)18-11-15-9-10-25(20(15)21-12-18)16-7-5-14(6-8-16)19-22-13-23-24-19/h5-13,17H,1-4H2,(H,22,23,24). The molecule has 0 aliphatic heterocycles. The number of nitrogens with one attached hydrogen (secondary N) is 1. The highest BCUT2D eigenvalue weighted by Gasteiger charge is 2.30. The van der Waals surface area contributed by atoms with E-state index in [2.05, 4.69) is 20.2 Å². The van der Waals surface area contributed by atoms with E-state index in [1.807, 2.05) is 41.1 Å². The van der Waals surface area contributed by atoms with E-state index in [1.54, 1.807) is 6.07 Å². The van der Waals surface area contributed by atoms with Crippen molar-refractivity contribution < 1.29 is 8.42 Å². The molecule has 28 heavy (non-hydrogen) atoms. The number of hydrogen-bond donors (Lipinski definition) is 1. The first kappa shape index (κ1) is 17.1. The molecule has 3 aromatic heterocycles. The Kier molecular flexibility index (Phi) is 4.01. The Morgan fingerprint density at radius 1 is 1.04 bits per heavy atom. The van der Waals surface area contributed by atoms with Crippen molar-refractivity contribution in [2.24, 2.45) is 0 Å². The van der Waals surface area contributed by atoms with E-state index in [0.29, 0.717) is 10.7 Å². The maximum atomic E-state index is 12.8. The highest BCUT2D eigenvalue weighted by atomic mass is 32.2. The Balaban J connectivity index is 1.50. The lowest BCUT2D eigenvalue weighted by molar-refractivity contribution is 0.579. The second-order valence-corrected chi connectivity index (χ2v) is 9.33. The van der Waals surface area contributed by atoms with E-state index < -0.39 is 9.84 Å². The average Bonchev–Trinajstić information content (AvgIpc) is 3.49. The molecule has 7 nitrogen and oxygen atoms in total. The molecule has 1 saturated carbocycles. The quantitative estimate of drug-likeness (QED) is 0.572. The summed E-state index contributed by atoms with van der Waals surface area (Å²) in [7, 11) is -3.30. The number of aromatic amines is 1. The highest BCUT2D eigenvalue weighted by Crippen LogP contribution is 2.31. The molecule has 0 amide bonds. The van der Waals surface area contributed by atoms with Crippen molar-refractivity contribution in [3.8, 4) is 17.1 Å². The van der Waals surface area contributed by atoms with Crippen LogP contribution in [0.1, 0.15) is 25.7 Å². The van der Waals surface area contributed by atoms with Gasteiger partial charge in [-0.3, -0.25) is 5.10 Å². The summed E-state index contributed by atoms with van der Waals surface area (Å²) >= 11 is 0. The normalized spacial score (nSPS) is 15.4. The molecule has 0 radical (unpaired) electrons. The van der Waals surface area contributed by atoms with Gasteiger partial charge in [-0.25, -0.2) is 18.4 Å². The highest BCUT2D eigenvalue weighted by molar-refractivity contribution is 7.92. The first-order chi connectivity index (χ1) is 13.6. The predicted molar refractivity (Wildman–Crippen MR) is 106 cm³/mol. The monoisotopic (exact) mass is 393 g/mol. The van der Waals surface area contributed by atoms with Gasteiger partial charge in [0.2, 0.25) is 0 Å². The average molecular weight is 393 g/mol. The molecule has 0 bridgehead atoms. The van der Waals surface area contributed by atoms with Crippen LogP contribution in [0.15, 0.2) is 60.0 Å². The summed E-state index contributed by atoms with van der Waals surface area (Å²) in [5.41, 5.74) is 2.62. The number of hydrogen-bond acceptors (Lipinski definition) is 5. The van der Waals surface area contributed by atoms with Crippen molar-refractivity contribution >= 4 is 20.9 Å². The van der Waals surface area contributed by atoms with Crippen molar-refractivity contribution in [3.63, 3.8) is 0 Å². The Bertz CT molecular complexity index is 1220. The maximum Gasteiger partial charge on any atom is 0.182 e. The molecule has 142 valence electrons. The summed E-state index contributed by atoms with van der Waals surface area (Å²) in [6, 6.07) is 11.5. The van der Waals surface area contributed by atoms with Crippen LogP contribution in [0.25, 0.3) is 28.1 Å². The van der Waals surface area contributed by atoms with Gasteiger partial charge in [-0.2, -0.15) is 5.10 Å². The van der Waals surface area contributed by atoms with Crippen LogP contribution in [0, 0.1) is 0 Å². The third-order valence-electron chi connectivity index (χ3n) is 5.40. The van der Waals surface area contributed by atoms with Gasteiger partial charge < -0.3 is 4.57 Å². The lowest BCUT2D eigenvalue weighted by Gasteiger charge is -2.11. The van der Waals surface area contributed by atoms with Crippen molar-refractivity contribution in [2.75, 3.05) is 0 Å². The molecule has 1 aliphatic carbocycles. The Morgan fingerprint density at radius 3 is 2.54 bits per heavy atom. The van der Waals surface area contributed by atoms with Crippen LogP contribution in [0.2, 0.25) is 0 Å². The van der Waals surface area contributed by atoms with Crippen molar-refractivity contribution in [1.82, 2.24) is 24.7 Å². The summed E-state index contributed by atoms with van der Waals surface area (Å²) in [5, 5.41) is 7.26. The lowest BCUT2D eigenvalue weighted by atomic mass is 10.2. The zero-order valence-corrected chi connectivity index (χ0v) is 15.9. The number of benzene rings is 1. The number of aromatic nitrogens is 5. The van der Waals surface area contributed by atoms with Gasteiger partial charge in [0.1, 0.15) is 12.0 Å². The summed E-state index contributed by atoms with van der Waals surface area (Å²) in [6.45, 7) is 0. The Hall–Kier alpha value is -3.00. The van der Waals surface area contributed by atoms with Crippen LogP contribution in [-0.2, 0) is 9.84 Å². The fraction of sp³-hybridized carbons (Fsp3) is 0.250. The van der Waals surface area contributed by atoms with Crippen molar-refractivity contribution in [1.29, 1.82) is 0 Å². The van der Waals surface area contributed by atoms with E-state index in [4.69, 9.17) is 0 Å². The smallest absolute Gasteiger partial charge is 0.182 e. The third kappa shape index (κ3) is 2.80. The molecule has 3 heterocycles. The van der Waals surface area contributed by atoms with Gasteiger partial charge in [0.25, 0.3) is 0 Å². The Labute approximate surface area is 162 Å². The molecule has 1 aromatic carbocycles. The molecular formula is C20H19N5O2S. The van der Waals surface area contributed by atoms with Gasteiger partial charge in [-0.1, -0.05) is 12.8 Å². The predicted octanol–water partition coefficient (Wildman–Crippen LogP) is 3.53. The van der Waals surface area contributed by atoms with Gasteiger partial charge in [0, 0.05) is 29.0 Å². The van der Waals surface area contributed by atoms with Gasteiger partial charge in [0.05, 0.1) is 10.1 Å². The summed E-state index contributed by atoms with van der Waals surface area (Å²) in [5.74, 6) is 0.712. The summed E-state index contributed by atoms with van der Waals surface area (Å²) in [4.78, 5) is 8.96. The molecular weight excluding hydrogens is 374 g/mol.